The van der Waals surface area contributed by atoms with Crippen LogP contribution in [0.5, 0.6) is 11.5 Å². The first-order chi connectivity index (χ1) is 7.91. The van der Waals surface area contributed by atoms with Crippen LogP contribution in [0.15, 0.2) is 18.2 Å². The van der Waals surface area contributed by atoms with Gasteiger partial charge in [0.25, 0.3) is 5.91 Å². The Kier molecular flexibility index (Phi) is 4.51. The highest BCUT2D eigenvalue weighted by Crippen LogP contribution is 2.21. The van der Waals surface area contributed by atoms with Crippen molar-refractivity contribution in [2.45, 2.75) is 12.2 Å². The summed E-state index contributed by atoms with van der Waals surface area (Å²) in [7, 11) is -1.02. The molecule has 0 aliphatic carbocycles. The number of benzene rings is 1. The summed E-state index contributed by atoms with van der Waals surface area (Å²) in [5.74, 6) is -0.804. The van der Waals surface area contributed by atoms with Crippen LogP contribution in [0, 0.1) is 0 Å². The smallest absolute Gasteiger partial charge is 0.255 e. The third-order valence-electron chi connectivity index (χ3n) is 2.34. The molecule has 2 atom stereocenters. The summed E-state index contributed by atoms with van der Waals surface area (Å²) in [6.45, 7) is 2.00. The lowest BCUT2D eigenvalue weighted by atomic mass is 10.1. The predicted octanol–water partition coefficient (Wildman–Crippen LogP) is 0.595. The van der Waals surface area contributed by atoms with Gasteiger partial charge in [0.05, 0.1) is 5.56 Å². The van der Waals surface area contributed by atoms with Crippen LogP contribution in [0.1, 0.15) is 17.3 Å². The molecular formula is C11H15NO4S. The first-order valence-electron chi connectivity index (χ1n) is 5.04. The van der Waals surface area contributed by atoms with Crippen molar-refractivity contribution in [3.05, 3.63) is 23.8 Å². The molecule has 1 aromatic carbocycles. The summed E-state index contributed by atoms with van der Waals surface area (Å²) in [6.07, 6.45) is 1.56. The summed E-state index contributed by atoms with van der Waals surface area (Å²) in [6, 6.07) is 3.71. The minimum atomic E-state index is -1.02. The van der Waals surface area contributed by atoms with Crippen LogP contribution >= 0.6 is 0 Å². The van der Waals surface area contributed by atoms with Crippen LogP contribution in [0.25, 0.3) is 0 Å². The molecule has 0 aromatic heterocycles. The van der Waals surface area contributed by atoms with Gasteiger partial charge in [-0.1, -0.05) is 0 Å². The molecule has 0 saturated heterocycles. The maximum atomic E-state index is 11.7. The molecule has 5 nitrogen and oxygen atoms in total. The SMILES string of the molecule is CC(CNC(=O)c1cc(O)ccc1O)S(C)=O. The van der Waals surface area contributed by atoms with E-state index in [1.54, 1.807) is 13.2 Å². The molecule has 0 fully saturated rings. The van der Waals surface area contributed by atoms with Crippen LogP contribution < -0.4 is 5.32 Å². The van der Waals surface area contributed by atoms with E-state index in [9.17, 15) is 19.2 Å². The lowest BCUT2D eigenvalue weighted by Gasteiger charge is -2.10. The third-order valence-corrected chi connectivity index (χ3v) is 3.64. The molecule has 17 heavy (non-hydrogen) atoms. The predicted molar refractivity (Wildman–Crippen MR) is 65.6 cm³/mol. The number of hydrogen-bond acceptors (Lipinski definition) is 4. The van der Waals surface area contributed by atoms with Crippen LogP contribution in [0.2, 0.25) is 0 Å². The van der Waals surface area contributed by atoms with Crippen molar-refractivity contribution in [2.24, 2.45) is 0 Å². The van der Waals surface area contributed by atoms with Crippen molar-refractivity contribution in [2.75, 3.05) is 12.8 Å². The normalized spacial score (nSPS) is 14.0. The van der Waals surface area contributed by atoms with Gasteiger partial charge in [0.2, 0.25) is 0 Å². The molecule has 0 saturated carbocycles. The van der Waals surface area contributed by atoms with E-state index in [4.69, 9.17) is 0 Å². The Balaban J connectivity index is 2.70. The number of phenolic OH excluding ortho intramolecular Hbond substituents is 2. The van der Waals surface area contributed by atoms with Crippen molar-refractivity contribution in [3.8, 4) is 11.5 Å². The fourth-order valence-corrected chi connectivity index (χ4v) is 1.47. The second-order valence-corrected chi connectivity index (χ2v) is 5.52. The molecule has 0 radical (unpaired) electrons. The number of nitrogens with one attached hydrogen (secondary N) is 1. The molecule has 6 heteroatoms. The molecule has 1 rings (SSSR count). The van der Waals surface area contributed by atoms with Gasteiger partial charge < -0.3 is 15.5 Å². The zero-order valence-corrected chi connectivity index (χ0v) is 10.5. The van der Waals surface area contributed by atoms with Crippen LogP contribution in [0.4, 0.5) is 0 Å². The molecular weight excluding hydrogens is 242 g/mol. The Bertz CT molecular complexity index is 447. The Morgan fingerprint density at radius 3 is 2.71 bits per heavy atom. The molecule has 2 unspecified atom stereocenters. The van der Waals surface area contributed by atoms with E-state index in [2.05, 4.69) is 5.32 Å². The Labute approximate surface area is 102 Å². The lowest BCUT2D eigenvalue weighted by Crippen LogP contribution is -2.32. The van der Waals surface area contributed by atoms with Gasteiger partial charge in [-0.25, -0.2) is 0 Å². The van der Waals surface area contributed by atoms with Crippen molar-refractivity contribution >= 4 is 16.7 Å². The Morgan fingerprint density at radius 1 is 1.47 bits per heavy atom. The third kappa shape index (κ3) is 3.74. The highest BCUT2D eigenvalue weighted by Gasteiger charge is 2.13. The van der Waals surface area contributed by atoms with E-state index in [1.807, 2.05) is 0 Å². The summed E-state index contributed by atoms with van der Waals surface area (Å²) in [4.78, 5) is 11.7. The topological polar surface area (TPSA) is 86.6 Å². The minimum absolute atomic E-state index is 0.000847. The molecule has 0 heterocycles. The van der Waals surface area contributed by atoms with Gasteiger partial charge in [-0.05, 0) is 25.1 Å². The van der Waals surface area contributed by atoms with E-state index < -0.39 is 16.7 Å². The van der Waals surface area contributed by atoms with E-state index in [-0.39, 0.29) is 28.9 Å². The highest BCUT2D eigenvalue weighted by molar-refractivity contribution is 7.84. The highest BCUT2D eigenvalue weighted by atomic mass is 32.2. The zero-order valence-electron chi connectivity index (χ0n) is 9.64. The second-order valence-electron chi connectivity index (χ2n) is 3.72. The van der Waals surface area contributed by atoms with Gasteiger partial charge in [-0.15, -0.1) is 0 Å². The van der Waals surface area contributed by atoms with E-state index in [0.717, 1.165) is 0 Å². The number of rotatable bonds is 4. The summed E-state index contributed by atoms with van der Waals surface area (Å²) in [5.41, 5.74) is -0.000847. The molecule has 0 spiro atoms. The average Bonchev–Trinajstić information content (AvgIpc) is 2.28. The number of hydrogen-bond donors (Lipinski definition) is 3. The number of phenols is 2. The van der Waals surface area contributed by atoms with Crippen molar-refractivity contribution in [1.82, 2.24) is 5.32 Å². The first-order valence-corrected chi connectivity index (χ1v) is 6.66. The molecule has 1 amide bonds. The molecule has 1 aromatic rings. The first kappa shape index (κ1) is 13.5. The maximum Gasteiger partial charge on any atom is 0.255 e. The maximum absolute atomic E-state index is 11.7. The Morgan fingerprint density at radius 2 is 2.12 bits per heavy atom. The van der Waals surface area contributed by atoms with Gasteiger partial charge in [0, 0.05) is 28.9 Å². The van der Waals surface area contributed by atoms with E-state index in [0.29, 0.717) is 0 Å². The fourth-order valence-electron chi connectivity index (χ4n) is 1.15. The van der Waals surface area contributed by atoms with Crippen LogP contribution in [-0.2, 0) is 10.8 Å². The lowest BCUT2D eigenvalue weighted by molar-refractivity contribution is 0.0951. The van der Waals surface area contributed by atoms with Gasteiger partial charge in [-0.2, -0.15) is 0 Å². The summed E-state index contributed by atoms with van der Waals surface area (Å²) >= 11 is 0. The second kappa shape index (κ2) is 5.67. The van der Waals surface area contributed by atoms with Gasteiger partial charge in [-0.3, -0.25) is 9.00 Å². The van der Waals surface area contributed by atoms with Gasteiger partial charge >= 0.3 is 0 Å². The number of carbonyl (C=O) groups excluding carboxylic acids is 1. The molecule has 3 N–H and O–H groups in total. The van der Waals surface area contributed by atoms with E-state index in [1.165, 1.54) is 18.2 Å². The number of amides is 1. The van der Waals surface area contributed by atoms with Crippen molar-refractivity contribution < 1.29 is 19.2 Å². The van der Waals surface area contributed by atoms with Crippen LogP contribution in [0.3, 0.4) is 0 Å². The Hall–Kier alpha value is -1.56. The van der Waals surface area contributed by atoms with Crippen molar-refractivity contribution in [3.63, 3.8) is 0 Å². The summed E-state index contributed by atoms with van der Waals surface area (Å²) in [5, 5.41) is 21.0. The monoisotopic (exact) mass is 257 g/mol. The molecule has 0 aliphatic rings. The number of aromatic hydroxyl groups is 2. The fraction of sp³-hybridized carbons (Fsp3) is 0.364. The zero-order chi connectivity index (χ0) is 13.0. The average molecular weight is 257 g/mol. The van der Waals surface area contributed by atoms with Crippen molar-refractivity contribution in [1.29, 1.82) is 0 Å². The van der Waals surface area contributed by atoms with Gasteiger partial charge in [0.15, 0.2) is 0 Å². The molecule has 94 valence electrons. The van der Waals surface area contributed by atoms with Gasteiger partial charge in [0.1, 0.15) is 11.5 Å². The van der Waals surface area contributed by atoms with E-state index >= 15 is 0 Å². The quantitative estimate of drug-likeness (QED) is 0.689. The molecule has 0 bridgehead atoms. The largest absolute Gasteiger partial charge is 0.508 e. The molecule has 0 aliphatic heterocycles. The van der Waals surface area contributed by atoms with Crippen LogP contribution in [-0.4, -0.2) is 38.4 Å². The number of carbonyl (C=O) groups is 1. The summed E-state index contributed by atoms with van der Waals surface area (Å²) < 4.78 is 11.1. The minimum Gasteiger partial charge on any atom is -0.508 e. The standard InChI is InChI=1S/C11H15NO4S/c1-7(17(2)16)6-12-11(15)9-5-8(13)3-4-10(9)14/h3-5,7,13-14H,6H2,1-2H3,(H,12,15).